The highest BCUT2D eigenvalue weighted by molar-refractivity contribution is 5.79. The molecule has 1 aromatic rings. The molecule has 1 heterocycles. The molecule has 1 fully saturated rings. The number of nitrogens with zero attached hydrogens (tertiary/aromatic N) is 1. The summed E-state index contributed by atoms with van der Waals surface area (Å²) in [6.07, 6.45) is -6.70. The number of hydrogen-bond donors (Lipinski definition) is 1. The van der Waals surface area contributed by atoms with Crippen molar-refractivity contribution in [3.05, 3.63) is 29.3 Å². The van der Waals surface area contributed by atoms with Crippen molar-refractivity contribution in [1.29, 1.82) is 0 Å². The minimum atomic E-state index is -4.90. The molecule has 1 aliphatic heterocycles. The summed E-state index contributed by atoms with van der Waals surface area (Å²) in [5, 5.41) is 9.13. The Labute approximate surface area is 122 Å². The van der Waals surface area contributed by atoms with Crippen LogP contribution in [0.1, 0.15) is 12.0 Å². The summed E-state index contributed by atoms with van der Waals surface area (Å²) in [7, 11) is 0. The zero-order valence-corrected chi connectivity index (χ0v) is 11.3. The van der Waals surface area contributed by atoms with Crippen LogP contribution in [0.15, 0.2) is 12.1 Å². The van der Waals surface area contributed by atoms with Crippen molar-refractivity contribution in [3.8, 4) is 0 Å². The molecule has 9 heteroatoms. The molecule has 0 radical (unpaired) electrons. The van der Waals surface area contributed by atoms with Crippen molar-refractivity contribution in [1.82, 2.24) is 0 Å². The van der Waals surface area contributed by atoms with E-state index in [1.54, 1.807) is 0 Å². The third kappa shape index (κ3) is 3.29. The zero-order chi connectivity index (χ0) is 16.7. The number of aliphatic carboxylic acids is 1. The number of carbonyl (C=O) groups is 1. The van der Waals surface area contributed by atoms with Crippen LogP contribution in [0.2, 0.25) is 0 Å². The lowest BCUT2D eigenvalue weighted by atomic mass is 10.1. The van der Waals surface area contributed by atoms with Gasteiger partial charge in [0, 0.05) is 24.2 Å². The van der Waals surface area contributed by atoms with E-state index in [0.29, 0.717) is 0 Å². The quantitative estimate of drug-likeness (QED) is 0.868. The number of ether oxygens (including phenoxy) is 1. The van der Waals surface area contributed by atoms with Gasteiger partial charge in [-0.15, -0.1) is 13.2 Å². The number of carboxylic acids is 1. The van der Waals surface area contributed by atoms with E-state index in [4.69, 9.17) is 5.11 Å². The van der Waals surface area contributed by atoms with Crippen LogP contribution in [-0.2, 0) is 9.53 Å². The fraction of sp³-hybridized carbons (Fsp3) is 0.462. The molecule has 0 amide bonds. The van der Waals surface area contributed by atoms with Crippen LogP contribution >= 0.6 is 0 Å². The maximum Gasteiger partial charge on any atom is 0.522 e. The van der Waals surface area contributed by atoms with Gasteiger partial charge in [-0.05, 0) is 19.1 Å². The lowest BCUT2D eigenvalue weighted by molar-refractivity contribution is -0.339. The van der Waals surface area contributed by atoms with Crippen LogP contribution in [0.25, 0.3) is 0 Å². The highest BCUT2D eigenvalue weighted by Gasteiger charge is 2.43. The lowest BCUT2D eigenvalue weighted by Crippen LogP contribution is -2.36. The molecule has 0 aromatic heterocycles. The van der Waals surface area contributed by atoms with Gasteiger partial charge in [-0.25, -0.2) is 13.6 Å². The third-order valence-electron chi connectivity index (χ3n) is 3.47. The normalized spacial score (nSPS) is 22.2. The van der Waals surface area contributed by atoms with Crippen molar-refractivity contribution in [3.63, 3.8) is 0 Å². The molecule has 22 heavy (non-hydrogen) atoms. The molecule has 0 bridgehead atoms. The van der Waals surface area contributed by atoms with E-state index in [1.807, 2.05) is 0 Å². The van der Waals surface area contributed by atoms with Gasteiger partial charge in [0.05, 0.1) is 6.10 Å². The van der Waals surface area contributed by atoms with Crippen LogP contribution in [0, 0.1) is 18.6 Å². The maximum absolute atomic E-state index is 13.6. The predicted octanol–water partition coefficient (Wildman–Crippen LogP) is 2.84. The Balaban J connectivity index is 2.32. The monoisotopic (exact) mass is 325 g/mol. The number of hydrogen-bond acceptors (Lipinski definition) is 3. The third-order valence-corrected chi connectivity index (χ3v) is 3.47. The molecule has 1 aromatic carbocycles. The van der Waals surface area contributed by atoms with E-state index in [-0.39, 0.29) is 17.8 Å². The number of carboxylic acid groups (broad SMARTS) is 1. The van der Waals surface area contributed by atoms with E-state index in [2.05, 4.69) is 4.74 Å². The van der Waals surface area contributed by atoms with Crippen LogP contribution in [0.4, 0.5) is 27.6 Å². The van der Waals surface area contributed by atoms with E-state index in [9.17, 15) is 26.7 Å². The molecular formula is C13H12F5NO3. The highest BCUT2D eigenvalue weighted by atomic mass is 19.4. The molecule has 1 unspecified atom stereocenters. The molecule has 2 rings (SSSR count). The smallest absolute Gasteiger partial charge is 0.480 e. The van der Waals surface area contributed by atoms with Crippen molar-refractivity contribution < 1.29 is 36.6 Å². The SMILES string of the molecule is Cc1c(N2C[C@H](OC(F)(F)F)CC2C(=O)O)ccc(F)c1F. The van der Waals surface area contributed by atoms with E-state index in [1.165, 1.54) is 6.92 Å². The van der Waals surface area contributed by atoms with E-state index in [0.717, 1.165) is 17.0 Å². The van der Waals surface area contributed by atoms with Gasteiger partial charge in [0.1, 0.15) is 6.04 Å². The zero-order valence-electron chi connectivity index (χ0n) is 11.3. The first-order chi connectivity index (χ1) is 10.1. The van der Waals surface area contributed by atoms with Gasteiger partial charge >= 0.3 is 12.3 Å². The summed E-state index contributed by atoms with van der Waals surface area (Å²) >= 11 is 0. The first-order valence-corrected chi connectivity index (χ1v) is 6.28. The molecule has 1 aliphatic rings. The highest BCUT2D eigenvalue weighted by Crippen LogP contribution is 2.34. The standard InChI is InChI=1S/C13H12F5NO3/c1-6-9(3-2-8(14)11(6)15)19-5-7(22-13(16,17)18)4-10(19)12(20)21/h2-3,7,10H,4-5H2,1H3,(H,20,21)/t7-,10?/m1/s1. The second-order valence-electron chi connectivity index (χ2n) is 4.93. The number of halogens is 5. The number of alkyl halides is 3. The summed E-state index contributed by atoms with van der Waals surface area (Å²) in [4.78, 5) is 12.3. The van der Waals surface area contributed by atoms with Gasteiger partial charge in [-0.1, -0.05) is 0 Å². The van der Waals surface area contributed by atoms with E-state index < -0.39 is 42.5 Å². The molecular weight excluding hydrogens is 313 g/mol. The number of anilines is 1. The van der Waals surface area contributed by atoms with Crippen LogP contribution in [-0.4, -0.2) is 36.1 Å². The van der Waals surface area contributed by atoms with Crippen LogP contribution in [0.3, 0.4) is 0 Å². The van der Waals surface area contributed by atoms with Crippen molar-refractivity contribution in [2.24, 2.45) is 0 Å². The minimum absolute atomic E-state index is 0.0274. The Hall–Kier alpha value is -1.90. The summed E-state index contributed by atoms with van der Waals surface area (Å²) in [5.41, 5.74) is -0.140. The van der Waals surface area contributed by atoms with Gasteiger partial charge in [-0.3, -0.25) is 4.74 Å². The van der Waals surface area contributed by atoms with Gasteiger partial charge in [0.2, 0.25) is 0 Å². The maximum atomic E-state index is 13.6. The fourth-order valence-electron chi connectivity index (χ4n) is 2.53. The summed E-state index contributed by atoms with van der Waals surface area (Å²) in [5.74, 6) is -3.64. The Bertz CT molecular complexity index is 590. The van der Waals surface area contributed by atoms with Crippen molar-refractivity contribution in [2.75, 3.05) is 11.4 Å². The van der Waals surface area contributed by atoms with Gasteiger partial charge in [-0.2, -0.15) is 0 Å². The Morgan fingerprint density at radius 1 is 1.36 bits per heavy atom. The lowest BCUT2D eigenvalue weighted by Gasteiger charge is -2.25. The van der Waals surface area contributed by atoms with Crippen molar-refractivity contribution >= 4 is 11.7 Å². The molecule has 1 saturated heterocycles. The summed E-state index contributed by atoms with van der Waals surface area (Å²) in [6.45, 7) is 0.840. The molecule has 122 valence electrons. The van der Waals surface area contributed by atoms with Crippen LogP contribution in [0.5, 0.6) is 0 Å². The topological polar surface area (TPSA) is 49.8 Å². The van der Waals surface area contributed by atoms with Crippen LogP contribution < -0.4 is 4.90 Å². The summed E-state index contributed by atoms with van der Waals surface area (Å²) in [6, 6.07) is 0.629. The molecule has 0 saturated carbocycles. The van der Waals surface area contributed by atoms with Gasteiger partial charge in [0.15, 0.2) is 11.6 Å². The average Bonchev–Trinajstić information content (AvgIpc) is 2.77. The van der Waals surface area contributed by atoms with Gasteiger partial charge < -0.3 is 10.0 Å². The molecule has 1 N–H and O–H groups in total. The fourth-order valence-corrected chi connectivity index (χ4v) is 2.53. The second-order valence-corrected chi connectivity index (χ2v) is 4.93. The van der Waals surface area contributed by atoms with Gasteiger partial charge in [0.25, 0.3) is 0 Å². The molecule has 2 atom stereocenters. The van der Waals surface area contributed by atoms with Crippen molar-refractivity contribution in [2.45, 2.75) is 31.9 Å². The molecule has 0 spiro atoms. The second kappa shape index (κ2) is 5.71. The number of rotatable bonds is 3. The largest absolute Gasteiger partial charge is 0.522 e. The number of benzene rings is 1. The summed E-state index contributed by atoms with van der Waals surface area (Å²) < 4.78 is 67.3. The molecule has 4 nitrogen and oxygen atoms in total. The molecule has 0 aliphatic carbocycles. The Morgan fingerprint density at radius 2 is 2.00 bits per heavy atom. The predicted molar refractivity (Wildman–Crippen MR) is 65.4 cm³/mol. The Morgan fingerprint density at radius 3 is 2.55 bits per heavy atom. The average molecular weight is 325 g/mol. The minimum Gasteiger partial charge on any atom is -0.480 e. The first-order valence-electron chi connectivity index (χ1n) is 6.28. The first kappa shape index (κ1) is 16.5. The Kier molecular flexibility index (Phi) is 4.28. The van der Waals surface area contributed by atoms with E-state index >= 15 is 0 Å².